The van der Waals surface area contributed by atoms with Crippen molar-refractivity contribution in [1.29, 1.82) is 0 Å². The summed E-state index contributed by atoms with van der Waals surface area (Å²) < 4.78 is 5.41. The van der Waals surface area contributed by atoms with Crippen LogP contribution in [0.3, 0.4) is 0 Å². The van der Waals surface area contributed by atoms with Gasteiger partial charge < -0.3 is 4.74 Å². The van der Waals surface area contributed by atoms with Gasteiger partial charge >= 0.3 is 0 Å². The monoisotopic (exact) mass is 255 g/mol. The van der Waals surface area contributed by atoms with Gasteiger partial charge in [-0.25, -0.2) is 9.97 Å². The van der Waals surface area contributed by atoms with Crippen molar-refractivity contribution in [3.63, 3.8) is 0 Å². The molecule has 1 aliphatic heterocycles. The molecule has 0 amide bonds. The zero-order valence-electron chi connectivity index (χ0n) is 10.3. The number of methoxy groups -OCH3 is 1. The smallest absolute Gasteiger partial charge is 0.222 e. The Labute approximate surface area is 107 Å². The van der Waals surface area contributed by atoms with Gasteiger partial charge in [-0.15, -0.1) is 0 Å². The Kier molecular flexibility index (Phi) is 4.31. The number of hydrogen-bond acceptors (Lipinski definition) is 4. The van der Waals surface area contributed by atoms with E-state index in [4.69, 9.17) is 16.3 Å². The highest BCUT2D eigenvalue weighted by Gasteiger charge is 2.20. The summed E-state index contributed by atoms with van der Waals surface area (Å²) in [5.74, 6) is 0. The highest BCUT2D eigenvalue weighted by Crippen LogP contribution is 2.16. The van der Waals surface area contributed by atoms with Crippen LogP contribution in [0.25, 0.3) is 0 Å². The summed E-state index contributed by atoms with van der Waals surface area (Å²) in [7, 11) is 1.78. The van der Waals surface area contributed by atoms with Gasteiger partial charge in [0, 0.05) is 37.7 Å². The van der Waals surface area contributed by atoms with Crippen LogP contribution in [-0.2, 0) is 11.3 Å². The lowest BCUT2D eigenvalue weighted by Gasteiger charge is -2.31. The molecular weight excluding hydrogens is 238 g/mol. The van der Waals surface area contributed by atoms with Crippen molar-refractivity contribution < 1.29 is 4.74 Å². The van der Waals surface area contributed by atoms with Crippen LogP contribution < -0.4 is 0 Å². The maximum Gasteiger partial charge on any atom is 0.222 e. The van der Waals surface area contributed by atoms with E-state index in [0.29, 0.717) is 11.4 Å². The Morgan fingerprint density at radius 2 is 2.41 bits per heavy atom. The molecule has 0 N–H and O–H groups in total. The Balaban J connectivity index is 2.00. The molecule has 1 fully saturated rings. The van der Waals surface area contributed by atoms with Crippen LogP contribution in [-0.4, -0.2) is 41.2 Å². The minimum Gasteiger partial charge on any atom is -0.380 e. The van der Waals surface area contributed by atoms with Gasteiger partial charge in [-0.3, -0.25) is 4.90 Å². The molecule has 0 radical (unpaired) electrons. The number of aromatic nitrogens is 2. The molecule has 1 saturated heterocycles. The fourth-order valence-corrected chi connectivity index (χ4v) is 2.38. The zero-order valence-corrected chi connectivity index (χ0v) is 11.1. The highest BCUT2D eigenvalue weighted by molar-refractivity contribution is 6.28. The van der Waals surface area contributed by atoms with Crippen molar-refractivity contribution in [1.82, 2.24) is 14.9 Å². The van der Waals surface area contributed by atoms with Crippen LogP contribution in [0.4, 0.5) is 0 Å². The minimum atomic E-state index is 0.319. The van der Waals surface area contributed by atoms with Gasteiger partial charge in [-0.05, 0) is 37.9 Å². The Hall–Kier alpha value is -0.710. The van der Waals surface area contributed by atoms with E-state index in [1.165, 1.54) is 6.42 Å². The molecule has 1 aliphatic rings. The second-order valence-electron chi connectivity index (χ2n) is 4.48. The van der Waals surface area contributed by atoms with Crippen molar-refractivity contribution in [2.45, 2.75) is 32.4 Å². The van der Waals surface area contributed by atoms with Gasteiger partial charge in [0.05, 0.1) is 6.10 Å². The topological polar surface area (TPSA) is 38.2 Å². The number of hydrogen-bond donors (Lipinski definition) is 0. The first kappa shape index (κ1) is 12.7. The van der Waals surface area contributed by atoms with Gasteiger partial charge in [-0.2, -0.15) is 0 Å². The van der Waals surface area contributed by atoms with Crippen LogP contribution in [0.2, 0.25) is 5.28 Å². The van der Waals surface area contributed by atoms with E-state index in [-0.39, 0.29) is 0 Å². The first-order valence-corrected chi connectivity index (χ1v) is 6.30. The van der Waals surface area contributed by atoms with Crippen molar-refractivity contribution >= 4 is 11.6 Å². The summed E-state index contributed by atoms with van der Waals surface area (Å²) >= 11 is 5.75. The molecular formula is C12H18ClN3O. The molecule has 4 nitrogen and oxygen atoms in total. The SMILES string of the molecule is COC1CCCN(Cc2cnc(Cl)nc2C)C1. The lowest BCUT2D eigenvalue weighted by molar-refractivity contribution is 0.0284. The standard InChI is InChI=1S/C12H18ClN3O/c1-9-10(6-14-12(13)15-9)7-16-5-3-4-11(8-16)17-2/h6,11H,3-5,7-8H2,1-2H3. The minimum absolute atomic E-state index is 0.319. The van der Waals surface area contributed by atoms with Crippen LogP contribution >= 0.6 is 11.6 Å². The lowest BCUT2D eigenvalue weighted by atomic mass is 10.1. The number of piperidine rings is 1. The Morgan fingerprint density at radius 3 is 3.12 bits per heavy atom. The quantitative estimate of drug-likeness (QED) is 0.775. The molecule has 0 saturated carbocycles. The van der Waals surface area contributed by atoms with E-state index >= 15 is 0 Å². The third-order valence-corrected chi connectivity index (χ3v) is 3.42. The average Bonchev–Trinajstić information content (AvgIpc) is 2.33. The van der Waals surface area contributed by atoms with E-state index in [1.807, 2.05) is 13.1 Å². The van der Waals surface area contributed by atoms with Gasteiger partial charge in [-0.1, -0.05) is 0 Å². The van der Waals surface area contributed by atoms with Crippen molar-refractivity contribution in [2.75, 3.05) is 20.2 Å². The first-order chi connectivity index (χ1) is 8.19. The molecule has 1 aromatic heterocycles. The third-order valence-electron chi connectivity index (χ3n) is 3.24. The predicted octanol–water partition coefficient (Wildman–Crippen LogP) is 2.05. The van der Waals surface area contributed by atoms with E-state index < -0.39 is 0 Å². The fourth-order valence-electron chi connectivity index (χ4n) is 2.21. The molecule has 17 heavy (non-hydrogen) atoms. The number of rotatable bonds is 3. The maximum atomic E-state index is 5.75. The highest BCUT2D eigenvalue weighted by atomic mass is 35.5. The number of aryl methyl sites for hydroxylation is 1. The van der Waals surface area contributed by atoms with E-state index in [9.17, 15) is 0 Å². The van der Waals surface area contributed by atoms with Crippen LogP contribution in [0.5, 0.6) is 0 Å². The molecule has 2 rings (SSSR count). The van der Waals surface area contributed by atoms with Gasteiger partial charge in [0.15, 0.2) is 0 Å². The first-order valence-electron chi connectivity index (χ1n) is 5.92. The molecule has 94 valence electrons. The third kappa shape index (κ3) is 3.37. The molecule has 5 heteroatoms. The zero-order chi connectivity index (χ0) is 12.3. The number of ether oxygens (including phenoxy) is 1. The Morgan fingerprint density at radius 1 is 1.59 bits per heavy atom. The number of halogens is 1. The van der Waals surface area contributed by atoms with Crippen LogP contribution in [0.15, 0.2) is 6.20 Å². The van der Waals surface area contributed by atoms with E-state index in [2.05, 4.69) is 14.9 Å². The van der Waals surface area contributed by atoms with Crippen LogP contribution in [0.1, 0.15) is 24.1 Å². The summed E-state index contributed by atoms with van der Waals surface area (Å²) in [6.07, 6.45) is 4.52. The van der Waals surface area contributed by atoms with E-state index in [1.54, 1.807) is 7.11 Å². The summed E-state index contributed by atoms with van der Waals surface area (Å²) in [5.41, 5.74) is 2.11. The molecule has 0 aromatic carbocycles. The summed E-state index contributed by atoms with van der Waals surface area (Å²) in [4.78, 5) is 10.6. The van der Waals surface area contributed by atoms with Gasteiger partial charge in [0.2, 0.25) is 5.28 Å². The second-order valence-corrected chi connectivity index (χ2v) is 4.82. The maximum absolute atomic E-state index is 5.75. The number of likely N-dealkylation sites (tertiary alicyclic amines) is 1. The lowest BCUT2D eigenvalue weighted by Crippen LogP contribution is -2.38. The summed E-state index contributed by atoms with van der Waals surface area (Å²) in [6.45, 7) is 4.95. The van der Waals surface area contributed by atoms with Crippen LogP contribution in [0, 0.1) is 6.92 Å². The largest absolute Gasteiger partial charge is 0.380 e. The van der Waals surface area contributed by atoms with Crippen molar-refractivity contribution in [3.05, 3.63) is 22.7 Å². The molecule has 0 aliphatic carbocycles. The second kappa shape index (κ2) is 5.76. The predicted molar refractivity (Wildman–Crippen MR) is 67.1 cm³/mol. The number of nitrogens with zero attached hydrogens (tertiary/aromatic N) is 3. The molecule has 2 heterocycles. The summed E-state index contributed by atoms with van der Waals surface area (Å²) in [5, 5.41) is 0.319. The normalized spacial score (nSPS) is 21.7. The molecule has 0 bridgehead atoms. The summed E-state index contributed by atoms with van der Waals surface area (Å²) in [6, 6.07) is 0. The fraction of sp³-hybridized carbons (Fsp3) is 0.667. The van der Waals surface area contributed by atoms with E-state index in [0.717, 1.165) is 37.3 Å². The molecule has 0 spiro atoms. The molecule has 1 aromatic rings. The van der Waals surface area contributed by atoms with Gasteiger partial charge in [0.25, 0.3) is 0 Å². The van der Waals surface area contributed by atoms with Crippen molar-refractivity contribution in [2.24, 2.45) is 0 Å². The average molecular weight is 256 g/mol. The Bertz CT molecular complexity index is 386. The molecule has 1 atom stereocenters. The van der Waals surface area contributed by atoms with Gasteiger partial charge in [0.1, 0.15) is 0 Å². The van der Waals surface area contributed by atoms with Crippen molar-refractivity contribution in [3.8, 4) is 0 Å². The molecule has 1 unspecified atom stereocenters.